The van der Waals surface area contributed by atoms with Gasteiger partial charge in [-0.2, -0.15) is 0 Å². The fourth-order valence-electron chi connectivity index (χ4n) is 5.34. The number of aliphatic hydroxyl groups is 1. The number of amides is 1. The Morgan fingerprint density at radius 2 is 1.81 bits per heavy atom. The maximum Gasteiger partial charge on any atom is 0.288 e. The molecule has 2 aliphatic heterocycles. The van der Waals surface area contributed by atoms with Crippen LogP contribution in [-0.2, 0) is 23.7 Å². The lowest BCUT2D eigenvalue weighted by Gasteiger charge is -2.39. The van der Waals surface area contributed by atoms with Crippen LogP contribution in [0.3, 0.4) is 0 Å². The van der Waals surface area contributed by atoms with E-state index in [1.165, 1.54) is 6.42 Å². The third kappa shape index (κ3) is 7.16. The van der Waals surface area contributed by atoms with Crippen LogP contribution in [0.5, 0.6) is 11.5 Å². The lowest BCUT2D eigenvalue weighted by Crippen LogP contribution is -2.43. The summed E-state index contributed by atoms with van der Waals surface area (Å²) < 4.78 is 34.5. The summed E-state index contributed by atoms with van der Waals surface area (Å²) in [6, 6.07) is 6.16. The molecule has 1 aromatic rings. The van der Waals surface area contributed by atoms with Crippen molar-refractivity contribution >= 4 is 5.91 Å². The highest BCUT2D eigenvalue weighted by atomic mass is 16.7. The number of hydrogen-bond acceptors (Lipinski definition) is 8. The van der Waals surface area contributed by atoms with Gasteiger partial charge in [0, 0.05) is 38.1 Å². The smallest absolute Gasteiger partial charge is 0.288 e. The number of nitrogens with zero attached hydrogens (tertiary/aromatic N) is 1. The van der Waals surface area contributed by atoms with Crippen molar-refractivity contribution in [1.82, 2.24) is 4.90 Å². The van der Waals surface area contributed by atoms with Crippen LogP contribution in [0.25, 0.3) is 0 Å². The Kier molecular flexibility index (Phi) is 10.5. The molecule has 206 valence electrons. The second-order valence-corrected chi connectivity index (χ2v) is 9.72. The van der Waals surface area contributed by atoms with Crippen molar-refractivity contribution in [3.05, 3.63) is 35.6 Å². The van der Waals surface area contributed by atoms with E-state index in [0.29, 0.717) is 51.0 Å². The summed E-state index contributed by atoms with van der Waals surface area (Å²) in [5.74, 6) is 1.45. The van der Waals surface area contributed by atoms with Crippen molar-refractivity contribution in [2.75, 3.05) is 53.5 Å². The van der Waals surface area contributed by atoms with Gasteiger partial charge in [0.25, 0.3) is 5.91 Å². The minimum Gasteiger partial charge on any atom is -0.459 e. The van der Waals surface area contributed by atoms with Crippen LogP contribution in [0, 0.1) is 5.92 Å². The highest BCUT2D eigenvalue weighted by Gasteiger charge is 2.40. The topological polar surface area (TPSA) is 95.9 Å². The van der Waals surface area contributed by atoms with Crippen molar-refractivity contribution < 1.29 is 38.3 Å². The van der Waals surface area contributed by atoms with E-state index < -0.39 is 6.29 Å². The predicted octanol–water partition coefficient (Wildman–Crippen LogP) is 3.60. The first-order valence-electron chi connectivity index (χ1n) is 13.6. The van der Waals surface area contributed by atoms with E-state index in [0.717, 1.165) is 37.0 Å². The molecule has 0 aromatic heterocycles. The molecule has 0 unspecified atom stereocenters. The summed E-state index contributed by atoms with van der Waals surface area (Å²) in [4.78, 5) is 15.4. The van der Waals surface area contributed by atoms with Gasteiger partial charge >= 0.3 is 0 Å². The Labute approximate surface area is 219 Å². The standard InChI is InChI=1S/C28H41NO8/c1-3-34-28-22(11-13-32-15-16-33-14-12-30)23(20-9-10-24-25(17-20)36-19-35-24)18-26(37-28)27(31)29(2)21-7-5-4-6-8-21/h9-10,17-18,21-23,28,30H,3-8,11-16,19H2,1-2H3/t22-,23+,28+/m0/s1. The molecule has 1 aliphatic carbocycles. The third-order valence-electron chi connectivity index (χ3n) is 7.35. The molecule has 1 saturated carbocycles. The molecule has 9 heteroatoms. The summed E-state index contributed by atoms with van der Waals surface area (Å²) >= 11 is 0. The molecule has 1 amide bonds. The summed E-state index contributed by atoms with van der Waals surface area (Å²) in [7, 11) is 1.88. The van der Waals surface area contributed by atoms with Gasteiger partial charge in [0.1, 0.15) is 0 Å². The molecule has 0 radical (unpaired) electrons. The molecule has 1 aromatic carbocycles. The normalized spacial score (nSPS) is 23.4. The zero-order valence-electron chi connectivity index (χ0n) is 22.1. The number of carbonyl (C=O) groups excluding carboxylic acids is 1. The van der Waals surface area contributed by atoms with Crippen LogP contribution in [0.2, 0.25) is 0 Å². The van der Waals surface area contributed by atoms with Gasteiger partial charge in [-0.1, -0.05) is 25.3 Å². The van der Waals surface area contributed by atoms with E-state index in [9.17, 15) is 4.79 Å². The van der Waals surface area contributed by atoms with Crippen LogP contribution >= 0.6 is 0 Å². The Balaban J connectivity index is 1.54. The van der Waals surface area contributed by atoms with Crippen molar-refractivity contribution in [2.45, 2.75) is 63.7 Å². The molecule has 1 N–H and O–H groups in total. The van der Waals surface area contributed by atoms with Gasteiger partial charge < -0.3 is 38.4 Å². The van der Waals surface area contributed by atoms with Crippen LogP contribution in [0.1, 0.15) is 56.9 Å². The van der Waals surface area contributed by atoms with E-state index in [2.05, 4.69) is 0 Å². The van der Waals surface area contributed by atoms with Crippen molar-refractivity contribution in [3.8, 4) is 11.5 Å². The first kappa shape index (κ1) is 27.7. The van der Waals surface area contributed by atoms with Crippen molar-refractivity contribution in [2.24, 2.45) is 5.92 Å². The number of rotatable bonds is 13. The van der Waals surface area contributed by atoms with Crippen molar-refractivity contribution in [1.29, 1.82) is 0 Å². The van der Waals surface area contributed by atoms with Gasteiger partial charge in [-0.15, -0.1) is 0 Å². The Hall–Kier alpha value is -2.33. The second kappa shape index (κ2) is 14.0. The quantitative estimate of drug-likeness (QED) is 0.395. The SMILES string of the molecule is CCO[C@@H]1OC(C(=O)N(C)C2CCCCC2)=C[C@H](c2ccc3c(c2)OCO3)[C@@H]1CCOCCOCCO. The van der Waals surface area contributed by atoms with Gasteiger partial charge in [-0.3, -0.25) is 4.79 Å². The number of carbonyl (C=O) groups is 1. The molecule has 2 heterocycles. The van der Waals surface area contributed by atoms with Crippen LogP contribution in [-0.4, -0.2) is 81.7 Å². The van der Waals surface area contributed by atoms with E-state index in [4.69, 9.17) is 33.5 Å². The number of ether oxygens (including phenoxy) is 6. The van der Waals surface area contributed by atoms with Gasteiger partial charge in [0.2, 0.25) is 13.1 Å². The molecule has 3 aliphatic rings. The molecule has 0 saturated heterocycles. The molecule has 0 bridgehead atoms. The third-order valence-corrected chi connectivity index (χ3v) is 7.35. The number of hydrogen-bond donors (Lipinski definition) is 1. The summed E-state index contributed by atoms with van der Waals surface area (Å²) in [5, 5.41) is 8.84. The largest absolute Gasteiger partial charge is 0.459 e. The first-order valence-corrected chi connectivity index (χ1v) is 13.6. The number of fused-ring (bicyclic) bond motifs is 1. The molecule has 37 heavy (non-hydrogen) atoms. The molecular weight excluding hydrogens is 478 g/mol. The highest BCUT2D eigenvalue weighted by molar-refractivity contribution is 5.92. The zero-order chi connectivity index (χ0) is 26.0. The monoisotopic (exact) mass is 519 g/mol. The van der Waals surface area contributed by atoms with Crippen LogP contribution < -0.4 is 9.47 Å². The molecule has 9 nitrogen and oxygen atoms in total. The van der Waals surface area contributed by atoms with Gasteiger partial charge in [0.15, 0.2) is 17.3 Å². The zero-order valence-corrected chi connectivity index (χ0v) is 22.1. The number of aliphatic hydroxyl groups excluding tert-OH is 1. The molecule has 3 atom stereocenters. The van der Waals surface area contributed by atoms with Gasteiger partial charge in [-0.05, 0) is 50.0 Å². The number of allylic oxidation sites excluding steroid dienone is 1. The van der Waals surface area contributed by atoms with Gasteiger partial charge in [0.05, 0.1) is 26.4 Å². The Morgan fingerprint density at radius 3 is 2.57 bits per heavy atom. The lowest BCUT2D eigenvalue weighted by atomic mass is 9.81. The summed E-state index contributed by atoms with van der Waals surface area (Å²) in [5.41, 5.74) is 1.01. The Bertz CT molecular complexity index is 900. The fourth-order valence-corrected chi connectivity index (χ4v) is 5.34. The molecular formula is C28H41NO8. The van der Waals surface area contributed by atoms with E-state index in [1.807, 2.05) is 43.1 Å². The molecule has 4 rings (SSSR count). The number of likely N-dealkylation sites (N-methyl/N-ethyl adjacent to an activating group) is 1. The van der Waals surface area contributed by atoms with Crippen molar-refractivity contribution in [3.63, 3.8) is 0 Å². The predicted molar refractivity (Wildman–Crippen MR) is 136 cm³/mol. The van der Waals surface area contributed by atoms with E-state index >= 15 is 0 Å². The van der Waals surface area contributed by atoms with Crippen LogP contribution in [0.4, 0.5) is 0 Å². The highest BCUT2D eigenvalue weighted by Crippen LogP contribution is 2.43. The minimum atomic E-state index is -0.585. The average Bonchev–Trinajstić information content (AvgIpc) is 3.41. The average molecular weight is 520 g/mol. The molecule has 1 fully saturated rings. The fraction of sp³-hybridized carbons (Fsp3) is 0.679. The first-order chi connectivity index (χ1) is 18.1. The molecule has 0 spiro atoms. The van der Waals surface area contributed by atoms with E-state index in [-0.39, 0.29) is 37.2 Å². The Morgan fingerprint density at radius 1 is 1.05 bits per heavy atom. The lowest BCUT2D eigenvalue weighted by molar-refractivity contribution is -0.172. The number of benzene rings is 1. The summed E-state index contributed by atoms with van der Waals surface area (Å²) in [6.07, 6.45) is 7.61. The maximum absolute atomic E-state index is 13.6. The second-order valence-electron chi connectivity index (χ2n) is 9.72. The maximum atomic E-state index is 13.6. The minimum absolute atomic E-state index is 0.00398. The van der Waals surface area contributed by atoms with Crippen LogP contribution in [0.15, 0.2) is 30.0 Å². The van der Waals surface area contributed by atoms with E-state index in [1.54, 1.807) is 0 Å². The van der Waals surface area contributed by atoms with Gasteiger partial charge in [-0.25, -0.2) is 0 Å². The summed E-state index contributed by atoms with van der Waals surface area (Å²) in [6.45, 7) is 4.24.